The van der Waals surface area contributed by atoms with E-state index in [1.807, 2.05) is 30.3 Å². The minimum atomic E-state index is -3.70. The normalized spacial score (nSPS) is 18.1. The van der Waals surface area contributed by atoms with Crippen LogP contribution in [0.15, 0.2) is 53.4 Å². The second-order valence-electron chi connectivity index (χ2n) is 4.98. The maximum absolute atomic E-state index is 11.7. The monoisotopic (exact) mass is 288 g/mol. The Hall–Kier alpha value is -1.85. The fraction of sp³-hybridized carbons (Fsp3) is 0.200. The lowest BCUT2D eigenvalue weighted by molar-refractivity contribution is 0.592. The molecular weight excluding hydrogens is 272 g/mol. The minimum absolute atomic E-state index is 0.0283. The number of hydrogen-bond donors (Lipinski definition) is 2. The van der Waals surface area contributed by atoms with Crippen molar-refractivity contribution in [2.24, 2.45) is 5.14 Å². The van der Waals surface area contributed by atoms with Crippen LogP contribution in [0.1, 0.15) is 23.6 Å². The first-order chi connectivity index (χ1) is 9.55. The molecule has 5 heteroatoms. The van der Waals surface area contributed by atoms with Gasteiger partial charge in [0.05, 0.1) is 10.9 Å². The standard InChI is InChI=1S/C15H16N2O2S/c16-20(18,19)15-8-4-2-6-12(15)14-10-9-11-5-1-3-7-13(11)17-14/h1-8,14,17H,9-10H2,(H2,16,18,19). The fourth-order valence-electron chi connectivity index (χ4n) is 2.70. The van der Waals surface area contributed by atoms with Gasteiger partial charge in [0.25, 0.3) is 0 Å². The number of nitrogens with two attached hydrogens (primary N) is 1. The first-order valence-corrected chi connectivity index (χ1v) is 8.06. The Morgan fingerprint density at radius 1 is 1.05 bits per heavy atom. The number of fused-ring (bicyclic) bond motifs is 1. The lowest BCUT2D eigenvalue weighted by Gasteiger charge is -2.28. The fourth-order valence-corrected chi connectivity index (χ4v) is 3.51. The van der Waals surface area contributed by atoms with Crippen molar-refractivity contribution in [3.05, 3.63) is 59.7 Å². The molecule has 2 aromatic rings. The number of hydrogen-bond acceptors (Lipinski definition) is 3. The van der Waals surface area contributed by atoms with Crippen LogP contribution in [0.5, 0.6) is 0 Å². The number of primary sulfonamides is 1. The van der Waals surface area contributed by atoms with Gasteiger partial charge >= 0.3 is 0 Å². The van der Waals surface area contributed by atoms with E-state index >= 15 is 0 Å². The number of rotatable bonds is 2. The van der Waals surface area contributed by atoms with Crippen molar-refractivity contribution in [3.63, 3.8) is 0 Å². The van der Waals surface area contributed by atoms with E-state index in [1.54, 1.807) is 12.1 Å². The molecule has 0 amide bonds. The van der Waals surface area contributed by atoms with E-state index < -0.39 is 10.0 Å². The Kier molecular flexibility index (Phi) is 3.23. The molecular formula is C15H16N2O2S. The molecule has 104 valence electrons. The Bertz CT molecular complexity index is 741. The molecule has 1 heterocycles. The summed E-state index contributed by atoms with van der Waals surface area (Å²) in [5.74, 6) is 0. The van der Waals surface area contributed by atoms with Gasteiger partial charge < -0.3 is 5.32 Å². The number of benzene rings is 2. The highest BCUT2D eigenvalue weighted by atomic mass is 32.2. The van der Waals surface area contributed by atoms with E-state index in [9.17, 15) is 8.42 Å². The summed E-state index contributed by atoms with van der Waals surface area (Å²) in [6.45, 7) is 0. The van der Waals surface area contributed by atoms with Crippen molar-refractivity contribution in [2.45, 2.75) is 23.8 Å². The summed E-state index contributed by atoms with van der Waals surface area (Å²) in [5, 5.41) is 8.71. The van der Waals surface area contributed by atoms with Crippen molar-refractivity contribution < 1.29 is 8.42 Å². The quantitative estimate of drug-likeness (QED) is 0.891. The third-order valence-corrected chi connectivity index (χ3v) is 4.64. The molecule has 1 aliphatic heterocycles. The Labute approximate surface area is 118 Å². The summed E-state index contributed by atoms with van der Waals surface area (Å²) in [5.41, 5.74) is 3.06. The first-order valence-electron chi connectivity index (χ1n) is 6.52. The topological polar surface area (TPSA) is 72.2 Å². The molecule has 0 saturated carbocycles. The van der Waals surface area contributed by atoms with Crippen LogP contribution in [-0.4, -0.2) is 8.42 Å². The summed E-state index contributed by atoms with van der Waals surface area (Å²) in [6, 6.07) is 15.0. The van der Waals surface area contributed by atoms with Gasteiger partial charge in [0.2, 0.25) is 10.0 Å². The molecule has 1 unspecified atom stereocenters. The molecule has 1 aliphatic rings. The van der Waals surface area contributed by atoms with Gasteiger partial charge in [-0.05, 0) is 36.1 Å². The van der Waals surface area contributed by atoms with E-state index in [0.717, 1.165) is 24.1 Å². The molecule has 0 aromatic heterocycles. The third kappa shape index (κ3) is 2.42. The van der Waals surface area contributed by atoms with Crippen LogP contribution in [-0.2, 0) is 16.4 Å². The maximum Gasteiger partial charge on any atom is 0.238 e. The average Bonchev–Trinajstić information content (AvgIpc) is 2.46. The van der Waals surface area contributed by atoms with Gasteiger partial charge in [0.15, 0.2) is 0 Å². The summed E-state index contributed by atoms with van der Waals surface area (Å²) < 4.78 is 23.4. The predicted octanol–water partition coefficient (Wildman–Crippen LogP) is 2.43. The van der Waals surface area contributed by atoms with Crippen LogP contribution in [0.25, 0.3) is 0 Å². The summed E-state index contributed by atoms with van der Waals surface area (Å²) in [7, 11) is -3.70. The Morgan fingerprint density at radius 2 is 1.75 bits per heavy atom. The largest absolute Gasteiger partial charge is 0.378 e. The zero-order valence-corrected chi connectivity index (χ0v) is 11.7. The number of sulfonamides is 1. The first kappa shape index (κ1) is 13.1. The van der Waals surface area contributed by atoms with E-state index in [1.165, 1.54) is 5.56 Å². The molecule has 3 rings (SSSR count). The Morgan fingerprint density at radius 3 is 2.55 bits per heavy atom. The number of nitrogens with one attached hydrogen (secondary N) is 1. The lowest BCUT2D eigenvalue weighted by atomic mass is 9.93. The van der Waals surface area contributed by atoms with Crippen molar-refractivity contribution >= 4 is 15.7 Å². The SMILES string of the molecule is NS(=O)(=O)c1ccccc1C1CCc2ccccc2N1. The molecule has 0 bridgehead atoms. The summed E-state index contributed by atoms with van der Waals surface area (Å²) in [4.78, 5) is 0.205. The molecule has 0 saturated heterocycles. The molecule has 0 spiro atoms. The van der Waals surface area contributed by atoms with Crippen molar-refractivity contribution in [1.82, 2.24) is 0 Å². The van der Waals surface area contributed by atoms with Crippen molar-refractivity contribution in [3.8, 4) is 0 Å². The molecule has 0 aliphatic carbocycles. The van der Waals surface area contributed by atoms with Crippen molar-refractivity contribution in [2.75, 3.05) is 5.32 Å². The molecule has 20 heavy (non-hydrogen) atoms. The lowest BCUT2D eigenvalue weighted by Crippen LogP contribution is -2.22. The molecule has 2 aromatic carbocycles. The van der Waals surface area contributed by atoms with Gasteiger partial charge in [-0.25, -0.2) is 13.6 Å². The number of aryl methyl sites for hydroxylation is 1. The second kappa shape index (κ2) is 4.92. The summed E-state index contributed by atoms with van der Waals surface area (Å²) in [6.07, 6.45) is 1.77. The van der Waals surface area contributed by atoms with E-state index in [-0.39, 0.29) is 10.9 Å². The molecule has 3 N–H and O–H groups in total. The molecule has 4 nitrogen and oxygen atoms in total. The van der Waals surface area contributed by atoms with Crippen molar-refractivity contribution in [1.29, 1.82) is 0 Å². The van der Waals surface area contributed by atoms with E-state index in [4.69, 9.17) is 5.14 Å². The average molecular weight is 288 g/mol. The molecule has 0 radical (unpaired) electrons. The van der Waals surface area contributed by atoms with Gasteiger partial charge in [-0.3, -0.25) is 0 Å². The highest BCUT2D eigenvalue weighted by molar-refractivity contribution is 7.89. The van der Waals surface area contributed by atoms with Gasteiger partial charge in [-0.2, -0.15) is 0 Å². The highest BCUT2D eigenvalue weighted by Crippen LogP contribution is 2.34. The molecule has 0 fully saturated rings. The second-order valence-corrected chi connectivity index (χ2v) is 6.51. The predicted molar refractivity (Wildman–Crippen MR) is 78.9 cm³/mol. The van der Waals surface area contributed by atoms with E-state index in [0.29, 0.717) is 0 Å². The van der Waals surface area contributed by atoms with Gasteiger partial charge in [-0.15, -0.1) is 0 Å². The zero-order chi connectivity index (χ0) is 14.2. The highest BCUT2D eigenvalue weighted by Gasteiger charge is 2.24. The van der Waals surface area contributed by atoms with Gasteiger partial charge in [0.1, 0.15) is 0 Å². The van der Waals surface area contributed by atoms with Crippen LogP contribution in [0, 0.1) is 0 Å². The minimum Gasteiger partial charge on any atom is -0.378 e. The Balaban J connectivity index is 2.01. The van der Waals surface area contributed by atoms with Crippen LogP contribution in [0.2, 0.25) is 0 Å². The van der Waals surface area contributed by atoms with Crippen LogP contribution in [0.3, 0.4) is 0 Å². The third-order valence-electron chi connectivity index (χ3n) is 3.65. The van der Waals surface area contributed by atoms with Crippen LogP contribution < -0.4 is 10.5 Å². The summed E-state index contributed by atoms with van der Waals surface area (Å²) >= 11 is 0. The van der Waals surface area contributed by atoms with Gasteiger partial charge in [-0.1, -0.05) is 36.4 Å². The smallest absolute Gasteiger partial charge is 0.238 e. The molecule has 1 atom stereocenters. The van der Waals surface area contributed by atoms with Crippen LogP contribution in [0.4, 0.5) is 5.69 Å². The zero-order valence-electron chi connectivity index (χ0n) is 10.9. The van der Waals surface area contributed by atoms with Crippen LogP contribution >= 0.6 is 0 Å². The number of anilines is 1. The maximum atomic E-state index is 11.7. The number of para-hydroxylation sites is 1. The van der Waals surface area contributed by atoms with E-state index in [2.05, 4.69) is 11.4 Å². The van der Waals surface area contributed by atoms with Gasteiger partial charge in [0, 0.05) is 5.69 Å².